The Morgan fingerprint density at radius 3 is 2.44 bits per heavy atom. The minimum absolute atomic E-state index is 0.0125. The fraction of sp³-hybridized carbons (Fsp3) is 0.517. The lowest BCUT2D eigenvalue weighted by Gasteiger charge is -2.42. The van der Waals surface area contributed by atoms with E-state index in [1.807, 2.05) is 6.07 Å². The fourth-order valence-corrected chi connectivity index (χ4v) is 5.83. The van der Waals surface area contributed by atoms with E-state index in [9.17, 15) is 24.0 Å². The van der Waals surface area contributed by atoms with Gasteiger partial charge in [0.05, 0.1) is 11.8 Å². The molecule has 0 spiro atoms. The molecule has 2 saturated heterocycles. The van der Waals surface area contributed by atoms with Gasteiger partial charge in [-0.25, -0.2) is 0 Å². The van der Waals surface area contributed by atoms with Gasteiger partial charge in [0.1, 0.15) is 18.1 Å². The standard InChI is InChI=1S/C29H39N7O5/c1-30-28(40)25(4-3-17-37)34(2)29(41)24-18-23(6-5-21(24)19-38)36-15-10-22(11-16-36)35-13-8-20(9-14-35)27(39)32-26-7-12-31-33-26/h5-7,12,17-20,22,25H,3-4,8-11,13-16H2,1-2H3,(H,30,40)(H2,31,32,33,39). The first-order valence-electron chi connectivity index (χ1n) is 14.2. The molecule has 3 amide bonds. The van der Waals surface area contributed by atoms with Crippen LogP contribution in [0.2, 0.25) is 0 Å². The molecule has 0 bridgehead atoms. The van der Waals surface area contributed by atoms with Crippen molar-refractivity contribution in [2.24, 2.45) is 5.92 Å². The molecule has 0 radical (unpaired) electrons. The maximum Gasteiger partial charge on any atom is 0.255 e. The molecular weight excluding hydrogens is 526 g/mol. The zero-order valence-corrected chi connectivity index (χ0v) is 23.7. The lowest BCUT2D eigenvalue weighted by molar-refractivity contribution is -0.125. The van der Waals surface area contributed by atoms with Crippen molar-refractivity contribution in [1.82, 2.24) is 25.3 Å². The van der Waals surface area contributed by atoms with Crippen molar-refractivity contribution < 1.29 is 24.0 Å². The van der Waals surface area contributed by atoms with Crippen LogP contribution in [-0.4, -0.2) is 103 Å². The number of carbonyl (C=O) groups is 5. The number of likely N-dealkylation sites (N-methyl/N-ethyl adjacent to an activating group) is 2. The van der Waals surface area contributed by atoms with Gasteiger partial charge < -0.3 is 30.1 Å². The second-order valence-corrected chi connectivity index (χ2v) is 10.7. The van der Waals surface area contributed by atoms with Crippen molar-refractivity contribution in [3.63, 3.8) is 0 Å². The van der Waals surface area contributed by atoms with E-state index in [1.165, 1.54) is 19.0 Å². The summed E-state index contributed by atoms with van der Waals surface area (Å²) >= 11 is 0. The van der Waals surface area contributed by atoms with Crippen molar-refractivity contribution in [2.45, 2.75) is 50.6 Å². The minimum Gasteiger partial charge on any atom is -0.371 e. The molecule has 2 aromatic rings. The smallest absolute Gasteiger partial charge is 0.255 e. The number of piperidine rings is 2. The number of aromatic amines is 1. The predicted octanol–water partition coefficient (Wildman–Crippen LogP) is 1.71. The summed E-state index contributed by atoms with van der Waals surface area (Å²) in [4.78, 5) is 67.1. The average molecular weight is 566 g/mol. The Labute approximate surface area is 239 Å². The monoisotopic (exact) mass is 565 g/mol. The summed E-state index contributed by atoms with van der Waals surface area (Å²) in [5.41, 5.74) is 1.34. The zero-order chi connectivity index (χ0) is 29.4. The lowest BCUT2D eigenvalue weighted by Crippen LogP contribution is -2.49. The van der Waals surface area contributed by atoms with Crippen LogP contribution in [0.4, 0.5) is 11.5 Å². The number of likely N-dealkylation sites (tertiary alicyclic amines) is 1. The van der Waals surface area contributed by atoms with Gasteiger partial charge in [-0.05, 0) is 63.4 Å². The Hall–Kier alpha value is -4.06. The maximum atomic E-state index is 13.4. The summed E-state index contributed by atoms with van der Waals surface area (Å²) in [6.45, 7) is 3.35. The van der Waals surface area contributed by atoms with Crippen LogP contribution in [0.25, 0.3) is 0 Å². The van der Waals surface area contributed by atoms with Crippen molar-refractivity contribution in [1.29, 1.82) is 0 Å². The van der Waals surface area contributed by atoms with Crippen molar-refractivity contribution in [2.75, 3.05) is 50.5 Å². The first kappa shape index (κ1) is 29.9. The SMILES string of the molecule is CNC(=O)C(CCC=O)N(C)C(=O)c1cc(N2CCC(N3CCC(C(=O)Nc4ccn[nH]4)CC3)CC2)ccc1C=O. The highest BCUT2D eigenvalue weighted by atomic mass is 16.2. The van der Waals surface area contributed by atoms with Crippen LogP contribution >= 0.6 is 0 Å². The third-order valence-electron chi connectivity index (χ3n) is 8.29. The van der Waals surface area contributed by atoms with Crippen molar-refractivity contribution in [3.8, 4) is 0 Å². The molecule has 1 aromatic carbocycles. The Morgan fingerprint density at radius 2 is 1.83 bits per heavy atom. The second-order valence-electron chi connectivity index (χ2n) is 10.7. The number of anilines is 2. The van der Waals surface area contributed by atoms with E-state index in [0.29, 0.717) is 18.1 Å². The molecule has 1 unspecified atom stereocenters. The Bertz CT molecular complexity index is 1220. The molecule has 220 valence electrons. The highest BCUT2D eigenvalue weighted by Gasteiger charge is 2.32. The van der Waals surface area contributed by atoms with E-state index < -0.39 is 11.9 Å². The quantitative estimate of drug-likeness (QED) is 0.349. The Morgan fingerprint density at radius 1 is 1.10 bits per heavy atom. The summed E-state index contributed by atoms with van der Waals surface area (Å²) in [7, 11) is 3.00. The van der Waals surface area contributed by atoms with Crippen LogP contribution in [-0.2, 0) is 14.4 Å². The lowest BCUT2D eigenvalue weighted by atomic mass is 9.92. The average Bonchev–Trinajstić information content (AvgIpc) is 3.53. The molecule has 12 nitrogen and oxygen atoms in total. The van der Waals surface area contributed by atoms with E-state index >= 15 is 0 Å². The second kappa shape index (κ2) is 14.0. The van der Waals surface area contributed by atoms with Gasteiger partial charge >= 0.3 is 0 Å². The van der Waals surface area contributed by atoms with Crippen molar-refractivity contribution >= 4 is 41.8 Å². The largest absolute Gasteiger partial charge is 0.371 e. The number of rotatable bonds is 11. The van der Waals surface area contributed by atoms with Crippen LogP contribution in [0.3, 0.4) is 0 Å². The number of amides is 3. The summed E-state index contributed by atoms with van der Waals surface area (Å²) in [5.74, 6) is -0.171. The summed E-state index contributed by atoms with van der Waals surface area (Å²) in [6.07, 6.45) is 6.85. The first-order valence-corrected chi connectivity index (χ1v) is 14.2. The minimum atomic E-state index is -0.822. The van der Waals surface area contributed by atoms with Gasteiger partial charge in [-0.1, -0.05) is 0 Å². The fourth-order valence-electron chi connectivity index (χ4n) is 5.83. The number of aromatic nitrogens is 2. The van der Waals surface area contributed by atoms with Gasteiger partial charge in [0.15, 0.2) is 6.29 Å². The number of nitrogens with one attached hydrogen (secondary N) is 3. The van der Waals surface area contributed by atoms with E-state index in [2.05, 4.69) is 30.6 Å². The van der Waals surface area contributed by atoms with Crippen molar-refractivity contribution in [3.05, 3.63) is 41.6 Å². The number of aldehydes is 2. The molecule has 41 heavy (non-hydrogen) atoms. The molecule has 4 rings (SSSR count). The van der Waals surface area contributed by atoms with Gasteiger partial charge in [-0.2, -0.15) is 5.10 Å². The van der Waals surface area contributed by atoms with Crippen LogP contribution in [0.15, 0.2) is 30.5 Å². The molecule has 0 saturated carbocycles. The van der Waals surface area contributed by atoms with Gasteiger partial charge in [0, 0.05) is 62.9 Å². The number of carbonyl (C=O) groups excluding carboxylic acids is 5. The van der Waals surface area contributed by atoms with Crippen LogP contribution in [0, 0.1) is 5.92 Å². The maximum absolute atomic E-state index is 13.4. The molecule has 3 heterocycles. The highest BCUT2D eigenvalue weighted by molar-refractivity contribution is 6.04. The molecule has 1 aromatic heterocycles. The molecule has 2 fully saturated rings. The van der Waals surface area contributed by atoms with E-state index in [1.54, 1.807) is 24.4 Å². The molecule has 2 aliphatic heterocycles. The zero-order valence-electron chi connectivity index (χ0n) is 23.7. The van der Waals surface area contributed by atoms with Crippen LogP contribution in [0.1, 0.15) is 59.2 Å². The predicted molar refractivity (Wildman–Crippen MR) is 154 cm³/mol. The van der Waals surface area contributed by atoms with Crippen LogP contribution in [0.5, 0.6) is 0 Å². The normalized spacial score (nSPS) is 17.5. The Kier molecular flexibility index (Phi) is 10.2. The topological polar surface area (TPSA) is 148 Å². The summed E-state index contributed by atoms with van der Waals surface area (Å²) in [5, 5.41) is 12.1. The van der Waals surface area contributed by atoms with E-state index in [-0.39, 0.29) is 41.7 Å². The highest BCUT2D eigenvalue weighted by Crippen LogP contribution is 2.28. The van der Waals surface area contributed by atoms with Gasteiger partial charge in [0.2, 0.25) is 11.8 Å². The summed E-state index contributed by atoms with van der Waals surface area (Å²) in [6, 6.07) is 6.57. The Balaban J connectivity index is 1.35. The number of benzene rings is 1. The first-order chi connectivity index (χ1) is 19.9. The third kappa shape index (κ3) is 7.18. The summed E-state index contributed by atoms with van der Waals surface area (Å²) < 4.78 is 0. The number of H-pyrrole nitrogens is 1. The molecule has 1 atom stereocenters. The number of hydrogen-bond acceptors (Lipinski definition) is 8. The van der Waals surface area contributed by atoms with Gasteiger partial charge in [0.25, 0.3) is 5.91 Å². The van der Waals surface area contributed by atoms with Crippen LogP contribution < -0.4 is 15.5 Å². The van der Waals surface area contributed by atoms with E-state index in [4.69, 9.17) is 0 Å². The molecule has 0 aliphatic carbocycles. The van der Waals surface area contributed by atoms with Gasteiger partial charge in [-0.15, -0.1) is 0 Å². The number of hydrogen-bond donors (Lipinski definition) is 3. The van der Waals surface area contributed by atoms with Gasteiger partial charge in [-0.3, -0.25) is 24.3 Å². The third-order valence-corrected chi connectivity index (χ3v) is 8.29. The number of nitrogens with zero attached hydrogens (tertiary/aromatic N) is 4. The molecule has 3 N–H and O–H groups in total. The molecule has 12 heteroatoms. The molecule has 2 aliphatic rings. The molecular formula is C29H39N7O5. The van der Waals surface area contributed by atoms with E-state index in [0.717, 1.165) is 63.8 Å².